The molecule has 3 aromatic carbocycles. The molecule has 0 radical (unpaired) electrons. The Bertz CT molecular complexity index is 938. The fourth-order valence-electron chi connectivity index (χ4n) is 3.13. The lowest BCUT2D eigenvalue weighted by Crippen LogP contribution is -2.41. The minimum Gasteiger partial charge on any atom is -0.420 e. The Morgan fingerprint density at radius 3 is 2.25 bits per heavy atom. The van der Waals surface area contributed by atoms with E-state index < -0.39 is 0 Å². The van der Waals surface area contributed by atoms with Crippen molar-refractivity contribution in [2.75, 3.05) is 5.23 Å². The van der Waals surface area contributed by atoms with E-state index in [1.807, 2.05) is 30.3 Å². The zero-order valence-electron chi connectivity index (χ0n) is 13.1. The number of nitrogens with zero attached hydrogens (tertiary/aromatic N) is 1. The molecule has 0 unspecified atom stereocenters. The van der Waals surface area contributed by atoms with Crippen molar-refractivity contribution in [3.63, 3.8) is 0 Å². The van der Waals surface area contributed by atoms with Crippen LogP contribution >= 0.6 is 0 Å². The molecule has 112 valence electrons. The van der Waals surface area contributed by atoms with Gasteiger partial charge in [0.25, 0.3) is 0 Å². The van der Waals surface area contributed by atoms with Crippen molar-refractivity contribution in [1.82, 2.24) is 0 Å². The Kier molecular flexibility index (Phi) is 3.65. The van der Waals surface area contributed by atoms with Gasteiger partial charge in [-0.15, -0.1) is 0 Å². The lowest BCUT2D eigenvalue weighted by atomic mass is 9.47. The molecular weight excluding hydrogens is 291 g/mol. The molecular formula is C21H15BN2. The lowest BCUT2D eigenvalue weighted by Gasteiger charge is -2.26. The SMILES string of the molecule is N#Cc1ccc(C2=Cc3ccccc3NB2c2ccccc2)cc1. The number of anilines is 1. The maximum Gasteiger partial charge on any atom is 0.321 e. The predicted octanol–water partition coefficient (Wildman–Crippen LogP) is 3.96. The van der Waals surface area contributed by atoms with Crippen LogP contribution in [0.2, 0.25) is 0 Å². The summed E-state index contributed by atoms with van der Waals surface area (Å²) in [6.45, 7) is 0.0917. The van der Waals surface area contributed by atoms with E-state index >= 15 is 0 Å². The van der Waals surface area contributed by atoms with Crippen molar-refractivity contribution in [3.8, 4) is 6.07 Å². The number of nitriles is 1. The molecule has 3 aromatic rings. The molecule has 0 saturated carbocycles. The smallest absolute Gasteiger partial charge is 0.321 e. The summed E-state index contributed by atoms with van der Waals surface area (Å²) in [5.74, 6) is 0. The predicted molar refractivity (Wildman–Crippen MR) is 101 cm³/mol. The molecule has 0 amide bonds. The van der Waals surface area contributed by atoms with Gasteiger partial charge in [-0.05, 0) is 34.8 Å². The molecule has 1 heterocycles. The van der Waals surface area contributed by atoms with Gasteiger partial charge in [-0.1, -0.05) is 72.2 Å². The van der Waals surface area contributed by atoms with Crippen LogP contribution in [0.25, 0.3) is 11.5 Å². The second-order valence-corrected chi connectivity index (χ2v) is 5.86. The third-order valence-corrected chi connectivity index (χ3v) is 4.36. The Morgan fingerprint density at radius 1 is 0.792 bits per heavy atom. The highest BCUT2D eigenvalue weighted by atomic mass is 14.8. The number of rotatable bonds is 2. The van der Waals surface area contributed by atoms with Gasteiger partial charge >= 0.3 is 6.85 Å². The molecule has 24 heavy (non-hydrogen) atoms. The highest BCUT2D eigenvalue weighted by Crippen LogP contribution is 2.30. The van der Waals surface area contributed by atoms with Crippen LogP contribution in [0.5, 0.6) is 0 Å². The molecule has 0 aliphatic carbocycles. The number of nitrogens with one attached hydrogen (secondary N) is 1. The van der Waals surface area contributed by atoms with Gasteiger partial charge in [-0.3, -0.25) is 0 Å². The maximum absolute atomic E-state index is 9.02. The Labute approximate surface area is 142 Å². The van der Waals surface area contributed by atoms with Gasteiger partial charge in [-0.25, -0.2) is 0 Å². The number of hydrogen-bond acceptors (Lipinski definition) is 2. The van der Waals surface area contributed by atoms with Gasteiger partial charge in [-0.2, -0.15) is 5.26 Å². The highest BCUT2D eigenvalue weighted by molar-refractivity contribution is 6.93. The fraction of sp³-hybridized carbons (Fsp3) is 0. The van der Waals surface area contributed by atoms with Crippen LogP contribution in [0.4, 0.5) is 5.69 Å². The third kappa shape index (κ3) is 2.59. The number of hydrogen-bond donors (Lipinski definition) is 1. The average Bonchev–Trinajstić information content (AvgIpc) is 2.68. The van der Waals surface area contributed by atoms with Crippen LogP contribution in [-0.2, 0) is 0 Å². The minimum absolute atomic E-state index is 0.0917. The van der Waals surface area contributed by atoms with Crippen LogP contribution in [-0.4, -0.2) is 6.85 Å². The fourth-order valence-corrected chi connectivity index (χ4v) is 3.13. The van der Waals surface area contributed by atoms with E-state index in [9.17, 15) is 0 Å². The van der Waals surface area contributed by atoms with Crippen molar-refractivity contribution in [1.29, 1.82) is 5.26 Å². The van der Waals surface area contributed by atoms with E-state index in [1.54, 1.807) is 0 Å². The van der Waals surface area contributed by atoms with Crippen LogP contribution in [0, 0.1) is 11.3 Å². The quantitative estimate of drug-likeness (QED) is 0.727. The standard InChI is InChI=1S/C21H15BN2/c23-15-16-10-12-17(13-11-16)20-14-18-6-4-5-9-21(18)24-22(20)19-7-2-1-3-8-19/h1-14,24H. The van der Waals surface area contributed by atoms with Crippen LogP contribution in [0.15, 0.2) is 78.9 Å². The second kappa shape index (κ2) is 6.10. The summed E-state index contributed by atoms with van der Waals surface area (Å²) in [5, 5.41) is 12.7. The van der Waals surface area contributed by atoms with E-state index in [1.165, 1.54) is 16.5 Å². The summed E-state index contributed by atoms with van der Waals surface area (Å²) < 4.78 is 0. The summed E-state index contributed by atoms with van der Waals surface area (Å²) in [6.07, 6.45) is 2.24. The molecule has 0 bridgehead atoms. The van der Waals surface area contributed by atoms with E-state index in [2.05, 4.69) is 65.9 Å². The minimum atomic E-state index is 0.0917. The van der Waals surface area contributed by atoms with Crippen LogP contribution < -0.4 is 10.7 Å². The van der Waals surface area contributed by atoms with Gasteiger partial charge in [0.15, 0.2) is 0 Å². The van der Waals surface area contributed by atoms with Crippen LogP contribution in [0.3, 0.4) is 0 Å². The maximum atomic E-state index is 9.02. The van der Waals surface area contributed by atoms with E-state index in [0.29, 0.717) is 5.56 Å². The van der Waals surface area contributed by atoms with Crippen molar-refractivity contribution in [2.45, 2.75) is 0 Å². The van der Waals surface area contributed by atoms with Gasteiger partial charge in [0.05, 0.1) is 11.6 Å². The van der Waals surface area contributed by atoms with Crippen molar-refractivity contribution in [3.05, 3.63) is 95.6 Å². The topological polar surface area (TPSA) is 35.8 Å². The molecule has 3 heteroatoms. The highest BCUT2D eigenvalue weighted by Gasteiger charge is 2.27. The zero-order valence-corrected chi connectivity index (χ0v) is 13.1. The molecule has 0 saturated heterocycles. The van der Waals surface area contributed by atoms with Crippen LogP contribution in [0.1, 0.15) is 16.7 Å². The lowest BCUT2D eigenvalue weighted by molar-refractivity contribution is 1.48. The van der Waals surface area contributed by atoms with Gasteiger partial charge in [0.2, 0.25) is 0 Å². The monoisotopic (exact) mass is 306 g/mol. The van der Waals surface area contributed by atoms with E-state index in [-0.39, 0.29) is 6.85 Å². The average molecular weight is 306 g/mol. The summed E-state index contributed by atoms with van der Waals surface area (Å²) in [5.41, 5.74) is 6.57. The molecule has 0 atom stereocenters. The molecule has 1 N–H and O–H groups in total. The van der Waals surface area contributed by atoms with Crippen molar-refractivity contribution < 1.29 is 0 Å². The molecule has 4 rings (SSSR count). The van der Waals surface area contributed by atoms with E-state index in [0.717, 1.165) is 11.3 Å². The number of benzene rings is 3. The van der Waals surface area contributed by atoms with Gasteiger partial charge in [0, 0.05) is 5.69 Å². The Morgan fingerprint density at radius 2 is 1.50 bits per heavy atom. The number of para-hydroxylation sites is 1. The zero-order chi connectivity index (χ0) is 16.4. The molecule has 0 aromatic heterocycles. The first-order chi connectivity index (χ1) is 11.8. The first-order valence-electron chi connectivity index (χ1n) is 7.98. The van der Waals surface area contributed by atoms with Gasteiger partial charge in [0.1, 0.15) is 0 Å². The molecule has 0 fully saturated rings. The number of fused-ring (bicyclic) bond motifs is 1. The first kappa shape index (κ1) is 14.4. The first-order valence-corrected chi connectivity index (χ1v) is 7.98. The summed E-state index contributed by atoms with van der Waals surface area (Å²) in [7, 11) is 0. The van der Waals surface area contributed by atoms with Crippen molar-refractivity contribution in [2.24, 2.45) is 0 Å². The summed E-state index contributed by atoms with van der Waals surface area (Å²) in [4.78, 5) is 0. The van der Waals surface area contributed by atoms with E-state index in [4.69, 9.17) is 5.26 Å². The normalized spacial score (nSPS) is 12.6. The Hall–Kier alpha value is -3.25. The molecule has 1 aliphatic rings. The molecule has 2 nitrogen and oxygen atoms in total. The summed E-state index contributed by atoms with van der Waals surface area (Å²) >= 11 is 0. The van der Waals surface area contributed by atoms with Crippen molar-refractivity contribution >= 4 is 29.5 Å². The molecule has 1 aliphatic heterocycles. The third-order valence-electron chi connectivity index (χ3n) is 4.36. The van der Waals surface area contributed by atoms with Gasteiger partial charge < -0.3 is 5.23 Å². The molecule has 0 spiro atoms. The second-order valence-electron chi connectivity index (χ2n) is 5.86. The summed E-state index contributed by atoms with van der Waals surface area (Å²) in [6, 6.07) is 28.7. The largest absolute Gasteiger partial charge is 0.420 e. The Balaban J connectivity index is 1.85.